The zero-order valence-corrected chi connectivity index (χ0v) is 12.3. The summed E-state index contributed by atoms with van der Waals surface area (Å²) >= 11 is 1.39. The molecule has 1 aliphatic rings. The molecular formula is C17H12FN3S. The zero-order chi connectivity index (χ0) is 15.4. The molecule has 0 saturated heterocycles. The minimum atomic E-state index is -0.281. The maximum absolute atomic E-state index is 12.9. The average Bonchev–Trinajstić information content (AvgIpc) is 2.73. The van der Waals surface area contributed by atoms with E-state index >= 15 is 0 Å². The monoisotopic (exact) mass is 309 g/mol. The fraction of sp³-hybridized carbons (Fsp3) is 0. The number of rotatable bonds is 2. The van der Waals surface area contributed by atoms with Gasteiger partial charge in [0.1, 0.15) is 5.82 Å². The second-order valence-electron chi connectivity index (χ2n) is 4.60. The van der Waals surface area contributed by atoms with Crippen LogP contribution < -0.4 is 0 Å². The molecule has 0 atom stereocenters. The number of amidine groups is 1. The maximum Gasteiger partial charge on any atom is 0.181 e. The molecule has 108 valence electrons. The van der Waals surface area contributed by atoms with Gasteiger partial charge in [0, 0.05) is 11.0 Å². The van der Waals surface area contributed by atoms with Crippen molar-refractivity contribution in [1.29, 1.82) is 5.41 Å². The quantitative estimate of drug-likeness (QED) is 0.799. The van der Waals surface area contributed by atoms with Crippen molar-refractivity contribution >= 4 is 29.4 Å². The molecule has 0 aromatic heterocycles. The highest BCUT2D eigenvalue weighted by Gasteiger charge is 2.11. The van der Waals surface area contributed by atoms with E-state index in [0.717, 1.165) is 16.8 Å². The lowest BCUT2D eigenvalue weighted by molar-refractivity contribution is 0.628. The molecule has 5 heteroatoms. The number of benzene rings is 2. The molecule has 2 aromatic carbocycles. The van der Waals surface area contributed by atoms with Gasteiger partial charge in [-0.2, -0.15) is 0 Å². The van der Waals surface area contributed by atoms with Crippen molar-refractivity contribution < 1.29 is 4.39 Å². The SMILES string of the molecule is N=C1N=NC(c2ccccc2)=CSC1=Cc1ccc(F)cc1. The minimum Gasteiger partial charge on any atom is -0.280 e. The molecule has 1 N–H and O–H groups in total. The van der Waals surface area contributed by atoms with Crippen LogP contribution in [0.1, 0.15) is 11.1 Å². The molecule has 0 fully saturated rings. The maximum atomic E-state index is 12.9. The van der Waals surface area contributed by atoms with Crippen molar-refractivity contribution in [2.24, 2.45) is 10.2 Å². The van der Waals surface area contributed by atoms with Crippen LogP contribution in [0.2, 0.25) is 0 Å². The Morgan fingerprint density at radius 3 is 2.41 bits per heavy atom. The van der Waals surface area contributed by atoms with Gasteiger partial charge in [-0.3, -0.25) is 5.41 Å². The summed E-state index contributed by atoms with van der Waals surface area (Å²) in [5.74, 6) is -0.187. The Kier molecular flexibility index (Phi) is 4.25. The van der Waals surface area contributed by atoms with Gasteiger partial charge in [-0.05, 0) is 23.8 Å². The van der Waals surface area contributed by atoms with E-state index < -0.39 is 0 Å². The van der Waals surface area contributed by atoms with E-state index in [-0.39, 0.29) is 11.7 Å². The van der Waals surface area contributed by atoms with E-state index in [2.05, 4.69) is 10.2 Å². The van der Waals surface area contributed by atoms with Gasteiger partial charge in [0.2, 0.25) is 0 Å². The predicted octanol–water partition coefficient (Wildman–Crippen LogP) is 5.34. The van der Waals surface area contributed by atoms with Crippen LogP contribution in [-0.4, -0.2) is 5.84 Å². The Labute approximate surface area is 131 Å². The molecule has 0 unspecified atom stereocenters. The van der Waals surface area contributed by atoms with E-state index in [0.29, 0.717) is 4.91 Å². The van der Waals surface area contributed by atoms with Crippen molar-refractivity contribution in [3.05, 3.63) is 81.9 Å². The molecule has 3 nitrogen and oxygen atoms in total. The molecule has 2 aromatic rings. The summed E-state index contributed by atoms with van der Waals surface area (Å²) in [6.45, 7) is 0. The third kappa shape index (κ3) is 3.38. The van der Waals surface area contributed by atoms with Crippen molar-refractivity contribution in [2.45, 2.75) is 0 Å². The highest BCUT2D eigenvalue weighted by atomic mass is 32.2. The van der Waals surface area contributed by atoms with Crippen LogP contribution in [0, 0.1) is 11.2 Å². The Bertz CT molecular complexity index is 777. The van der Waals surface area contributed by atoms with Crippen molar-refractivity contribution in [2.75, 3.05) is 0 Å². The summed E-state index contributed by atoms with van der Waals surface area (Å²) < 4.78 is 12.9. The lowest BCUT2D eigenvalue weighted by Gasteiger charge is -2.00. The molecule has 0 saturated carbocycles. The summed E-state index contributed by atoms with van der Waals surface area (Å²) in [6, 6.07) is 15.8. The summed E-state index contributed by atoms with van der Waals surface area (Å²) in [5, 5.41) is 17.9. The molecular weight excluding hydrogens is 297 g/mol. The largest absolute Gasteiger partial charge is 0.280 e. The number of halogens is 1. The molecule has 0 radical (unpaired) electrons. The highest BCUT2D eigenvalue weighted by Crippen LogP contribution is 2.30. The molecule has 0 spiro atoms. The van der Waals surface area contributed by atoms with Crippen LogP contribution in [-0.2, 0) is 0 Å². The van der Waals surface area contributed by atoms with Crippen molar-refractivity contribution in [3.63, 3.8) is 0 Å². The highest BCUT2D eigenvalue weighted by molar-refractivity contribution is 8.07. The van der Waals surface area contributed by atoms with Gasteiger partial charge >= 0.3 is 0 Å². The minimum absolute atomic E-state index is 0.0940. The van der Waals surface area contributed by atoms with E-state index in [4.69, 9.17) is 5.41 Å². The number of hydrogen-bond acceptors (Lipinski definition) is 3. The standard InChI is InChI=1S/C17H12FN3S/c18-14-8-6-12(7-9-14)10-16-17(19)21-20-15(11-22-16)13-4-2-1-3-5-13/h1-11,19H. The molecule has 0 amide bonds. The number of nitrogens with one attached hydrogen (secondary N) is 1. The fourth-order valence-corrected chi connectivity index (χ4v) is 2.68. The van der Waals surface area contributed by atoms with Gasteiger partial charge in [-0.15, -0.1) is 10.2 Å². The summed E-state index contributed by atoms with van der Waals surface area (Å²) in [6.07, 6.45) is 1.80. The smallest absolute Gasteiger partial charge is 0.181 e. The van der Waals surface area contributed by atoms with Gasteiger partial charge in [0.25, 0.3) is 0 Å². The van der Waals surface area contributed by atoms with Gasteiger partial charge in [0.15, 0.2) is 5.84 Å². The van der Waals surface area contributed by atoms with Crippen molar-refractivity contribution in [1.82, 2.24) is 0 Å². The van der Waals surface area contributed by atoms with Crippen LogP contribution >= 0.6 is 11.8 Å². The number of nitrogens with zero attached hydrogens (tertiary/aromatic N) is 2. The Morgan fingerprint density at radius 1 is 0.955 bits per heavy atom. The van der Waals surface area contributed by atoms with Crippen LogP contribution in [0.4, 0.5) is 4.39 Å². The number of hydrogen-bond donors (Lipinski definition) is 1. The second kappa shape index (κ2) is 6.49. The number of thioether (sulfide) groups is 1. The van der Waals surface area contributed by atoms with E-state index in [1.54, 1.807) is 18.2 Å². The van der Waals surface area contributed by atoms with Gasteiger partial charge in [-0.1, -0.05) is 54.2 Å². The second-order valence-corrected chi connectivity index (χ2v) is 5.51. The Morgan fingerprint density at radius 2 is 1.68 bits per heavy atom. The van der Waals surface area contributed by atoms with Gasteiger partial charge < -0.3 is 0 Å². The summed E-state index contributed by atoms with van der Waals surface area (Å²) in [7, 11) is 0. The molecule has 0 aliphatic carbocycles. The molecule has 22 heavy (non-hydrogen) atoms. The molecule has 0 bridgehead atoms. The fourth-order valence-electron chi connectivity index (χ4n) is 1.90. The first-order valence-corrected chi connectivity index (χ1v) is 7.50. The van der Waals surface area contributed by atoms with Crippen LogP contribution in [0.15, 0.2) is 75.1 Å². The predicted molar refractivity (Wildman–Crippen MR) is 89.0 cm³/mol. The first kappa shape index (κ1) is 14.4. The Hall–Kier alpha value is -2.53. The van der Waals surface area contributed by atoms with Gasteiger partial charge in [0.05, 0.1) is 10.6 Å². The van der Waals surface area contributed by atoms with E-state index in [9.17, 15) is 4.39 Å². The van der Waals surface area contributed by atoms with Gasteiger partial charge in [-0.25, -0.2) is 4.39 Å². The first-order chi connectivity index (χ1) is 10.7. The van der Waals surface area contributed by atoms with Crippen LogP contribution in [0.3, 0.4) is 0 Å². The average molecular weight is 309 g/mol. The summed E-state index contributed by atoms with van der Waals surface area (Å²) in [4.78, 5) is 0.668. The van der Waals surface area contributed by atoms with Crippen molar-refractivity contribution in [3.8, 4) is 0 Å². The normalized spacial score (nSPS) is 16.5. The number of azo groups is 1. The molecule has 1 aliphatic heterocycles. The third-order valence-electron chi connectivity index (χ3n) is 3.03. The lowest BCUT2D eigenvalue weighted by Crippen LogP contribution is -1.91. The summed E-state index contributed by atoms with van der Waals surface area (Å²) in [5.41, 5.74) is 2.49. The topological polar surface area (TPSA) is 48.6 Å². The van der Waals surface area contributed by atoms with E-state index in [1.807, 2.05) is 35.7 Å². The van der Waals surface area contributed by atoms with E-state index in [1.165, 1.54) is 23.9 Å². The first-order valence-electron chi connectivity index (χ1n) is 6.62. The lowest BCUT2D eigenvalue weighted by atomic mass is 10.2. The molecule has 3 rings (SSSR count). The van der Waals surface area contributed by atoms with Crippen LogP contribution in [0.5, 0.6) is 0 Å². The third-order valence-corrected chi connectivity index (χ3v) is 3.93. The van der Waals surface area contributed by atoms with Crippen LogP contribution in [0.25, 0.3) is 11.8 Å². The molecule has 1 heterocycles. The Balaban J connectivity index is 1.89. The zero-order valence-electron chi connectivity index (χ0n) is 11.5.